The van der Waals surface area contributed by atoms with Crippen LogP contribution in [0.3, 0.4) is 0 Å². The number of aryl methyl sites for hydroxylation is 2. The molecular formula is C17H26O2. The Morgan fingerprint density at radius 3 is 2.63 bits per heavy atom. The van der Waals surface area contributed by atoms with E-state index >= 15 is 0 Å². The molecule has 2 nitrogen and oxygen atoms in total. The van der Waals surface area contributed by atoms with E-state index in [1.165, 1.54) is 30.4 Å². The first-order valence-electron chi connectivity index (χ1n) is 7.33. The van der Waals surface area contributed by atoms with Gasteiger partial charge in [0, 0.05) is 0 Å². The smallest absolute Gasteiger partial charge is 0.307 e. The van der Waals surface area contributed by atoms with Crippen molar-refractivity contribution in [3.8, 4) is 0 Å². The van der Waals surface area contributed by atoms with Crippen molar-refractivity contribution in [1.29, 1.82) is 0 Å². The summed E-state index contributed by atoms with van der Waals surface area (Å²) in [5.41, 5.74) is 3.40. The predicted octanol–water partition coefficient (Wildman–Crippen LogP) is 4.38. The fourth-order valence-electron chi connectivity index (χ4n) is 2.34. The normalized spacial score (nSPS) is 12.4. The summed E-state index contributed by atoms with van der Waals surface area (Å²) in [6, 6.07) is 6.11. The Morgan fingerprint density at radius 2 is 2.00 bits per heavy atom. The van der Waals surface area contributed by atoms with Gasteiger partial charge >= 0.3 is 5.97 Å². The molecule has 0 spiro atoms. The molecular weight excluding hydrogens is 236 g/mol. The molecule has 0 radical (unpaired) electrons. The molecule has 0 fully saturated rings. The fourth-order valence-corrected chi connectivity index (χ4v) is 2.34. The molecule has 106 valence electrons. The van der Waals surface area contributed by atoms with Gasteiger partial charge in [-0.15, -0.1) is 0 Å². The van der Waals surface area contributed by atoms with Crippen molar-refractivity contribution < 1.29 is 9.90 Å². The zero-order valence-electron chi connectivity index (χ0n) is 12.4. The van der Waals surface area contributed by atoms with Crippen LogP contribution in [0.15, 0.2) is 18.2 Å². The lowest BCUT2D eigenvalue weighted by molar-refractivity contribution is -0.136. The Labute approximate surface area is 116 Å². The number of rotatable bonds is 8. The molecule has 1 N–H and O–H groups in total. The van der Waals surface area contributed by atoms with Gasteiger partial charge in [-0.3, -0.25) is 4.79 Å². The molecule has 0 aliphatic rings. The fraction of sp³-hybridized carbons (Fsp3) is 0.588. The molecule has 0 aromatic heterocycles. The topological polar surface area (TPSA) is 37.3 Å². The maximum Gasteiger partial charge on any atom is 0.307 e. The summed E-state index contributed by atoms with van der Waals surface area (Å²) in [5.74, 6) is 0.0562. The van der Waals surface area contributed by atoms with Crippen LogP contribution in [0.25, 0.3) is 0 Å². The van der Waals surface area contributed by atoms with Crippen molar-refractivity contribution >= 4 is 5.97 Å². The average molecular weight is 262 g/mol. The van der Waals surface area contributed by atoms with Crippen LogP contribution in [-0.2, 0) is 17.6 Å². The summed E-state index contributed by atoms with van der Waals surface area (Å²) < 4.78 is 0. The molecule has 0 saturated carbocycles. The summed E-state index contributed by atoms with van der Waals surface area (Å²) in [6.07, 6.45) is 6.04. The van der Waals surface area contributed by atoms with Gasteiger partial charge in [0.05, 0.1) is 6.42 Å². The first-order valence-corrected chi connectivity index (χ1v) is 7.33. The third kappa shape index (κ3) is 5.91. The quantitative estimate of drug-likeness (QED) is 0.706. The number of aliphatic carboxylic acids is 1. The van der Waals surface area contributed by atoms with Crippen molar-refractivity contribution in [3.05, 3.63) is 34.9 Å². The van der Waals surface area contributed by atoms with Gasteiger partial charge in [0.25, 0.3) is 0 Å². The monoisotopic (exact) mass is 262 g/mol. The second-order valence-corrected chi connectivity index (χ2v) is 5.60. The lowest BCUT2D eigenvalue weighted by Crippen LogP contribution is -2.04. The highest BCUT2D eigenvalue weighted by atomic mass is 16.4. The van der Waals surface area contributed by atoms with Crippen molar-refractivity contribution in [1.82, 2.24) is 0 Å². The highest BCUT2D eigenvalue weighted by Gasteiger charge is 2.07. The molecule has 0 amide bonds. The summed E-state index contributed by atoms with van der Waals surface area (Å²) in [7, 11) is 0. The van der Waals surface area contributed by atoms with E-state index in [1.54, 1.807) is 0 Å². The zero-order chi connectivity index (χ0) is 14.3. The molecule has 19 heavy (non-hydrogen) atoms. The molecule has 0 aliphatic carbocycles. The Bertz CT molecular complexity index is 410. The maximum absolute atomic E-state index is 10.9. The van der Waals surface area contributed by atoms with E-state index in [9.17, 15) is 4.79 Å². The first kappa shape index (κ1) is 15.7. The highest BCUT2D eigenvalue weighted by molar-refractivity contribution is 5.70. The standard InChI is InChI=1S/C17H26O2/c1-4-13(2)7-5-6-8-15-11-14(3)9-10-16(15)12-17(18)19/h9-11,13H,4-8,12H2,1-3H3,(H,18,19). The van der Waals surface area contributed by atoms with Gasteiger partial charge in [-0.05, 0) is 36.8 Å². The van der Waals surface area contributed by atoms with Crippen molar-refractivity contribution in [2.24, 2.45) is 5.92 Å². The van der Waals surface area contributed by atoms with Crippen LogP contribution < -0.4 is 0 Å². The third-order valence-electron chi connectivity index (χ3n) is 3.79. The zero-order valence-corrected chi connectivity index (χ0v) is 12.4. The van der Waals surface area contributed by atoms with E-state index in [1.807, 2.05) is 12.1 Å². The van der Waals surface area contributed by atoms with Crippen LogP contribution in [0.4, 0.5) is 0 Å². The van der Waals surface area contributed by atoms with Crippen LogP contribution in [0.5, 0.6) is 0 Å². The van der Waals surface area contributed by atoms with Crippen LogP contribution in [0.2, 0.25) is 0 Å². The van der Waals surface area contributed by atoms with E-state index in [2.05, 4.69) is 26.8 Å². The number of carbonyl (C=O) groups is 1. The van der Waals surface area contributed by atoms with Gasteiger partial charge in [0.15, 0.2) is 0 Å². The van der Waals surface area contributed by atoms with Gasteiger partial charge in [0.2, 0.25) is 0 Å². The number of unbranched alkanes of at least 4 members (excludes halogenated alkanes) is 1. The number of benzene rings is 1. The third-order valence-corrected chi connectivity index (χ3v) is 3.79. The van der Waals surface area contributed by atoms with E-state index in [0.29, 0.717) is 0 Å². The molecule has 1 aromatic rings. The van der Waals surface area contributed by atoms with Crippen molar-refractivity contribution in [2.45, 2.75) is 59.3 Å². The number of hydrogen-bond donors (Lipinski definition) is 1. The van der Waals surface area contributed by atoms with Crippen LogP contribution >= 0.6 is 0 Å². The minimum absolute atomic E-state index is 0.140. The summed E-state index contributed by atoms with van der Waals surface area (Å²) >= 11 is 0. The van der Waals surface area contributed by atoms with Gasteiger partial charge in [0.1, 0.15) is 0 Å². The number of carboxylic acids is 1. The average Bonchev–Trinajstić information content (AvgIpc) is 2.36. The van der Waals surface area contributed by atoms with Crippen LogP contribution in [0.1, 0.15) is 56.2 Å². The van der Waals surface area contributed by atoms with E-state index in [4.69, 9.17) is 5.11 Å². The number of carboxylic acid groups (broad SMARTS) is 1. The van der Waals surface area contributed by atoms with Gasteiger partial charge in [-0.1, -0.05) is 56.9 Å². The highest BCUT2D eigenvalue weighted by Crippen LogP contribution is 2.18. The van der Waals surface area contributed by atoms with E-state index < -0.39 is 5.97 Å². The minimum atomic E-state index is -0.746. The predicted molar refractivity (Wildman–Crippen MR) is 79.5 cm³/mol. The molecule has 1 aromatic carbocycles. The van der Waals surface area contributed by atoms with Gasteiger partial charge in [-0.25, -0.2) is 0 Å². The van der Waals surface area contributed by atoms with Gasteiger partial charge < -0.3 is 5.11 Å². The molecule has 0 saturated heterocycles. The molecule has 2 heteroatoms. The van der Waals surface area contributed by atoms with E-state index in [-0.39, 0.29) is 6.42 Å². The minimum Gasteiger partial charge on any atom is -0.481 e. The Hall–Kier alpha value is -1.31. The second-order valence-electron chi connectivity index (χ2n) is 5.60. The second kappa shape index (κ2) is 7.98. The Morgan fingerprint density at radius 1 is 1.26 bits per heavy atom. The largest absolute Gasteiger partial charge is 0.481 e. The molecule has 1 unspecified atom stereocenters. The Kier molecular flexibility index (Phi) is 6.61. The summed E-state index contributed by atoms with van der Waals surface area (Å²) in [4.78, 5) is 10.9. The van der Waals surface area contributed by atoms with Gasteiger partial charge in [-0.2, -0.15) is 0 Å². The summed E-state index contributed by atoms with van der Waals surface area (Å²) in [6.45, 7) is 6.59. The van der Waals surface area contributed by atoms with Crippen molar-refractivity contribution in [3.63, 3.8) is 0 Å². The Balaban J connectivity index is 2.55. The molecule has 0 bridgehead atoms. The molecule has 1 atom stereocenters. The SMILES string of the molecule is CCC(C)CCCCc1cc(C)ccc1CC(=O)O. The van der Waals surface area contributed by atoms with Crippen LogP contribution in [0, 0.1) is 12.8 Å². The maximum atomic E-state index is 10.9. The van der Waals surface area contributed by atoms with Crippen LogP contribution in [-0.4, -0.2) is 11.1 Å². The number of hydrogen-bond acceptors (Lipinski definition) is 1. The van der Waals surface area contributed by atoms with E-state index in [0.717, 1.165) is 24.3 Å². The molecule has 1 rings (SSSR count). The molecule has 0 aliphatic heterocycles. The summed E-state index contributed by atoms with van der Waals surface area (Å²) in [5, 5.41) is 8.94. The van der Waals surface area contributed by atoms with Crippen molar-refractivity contribution in [2.75, 3.05) is 0 Å². The lowest BCUT2D eigenvalue weighted by Gasteiger charge is -2.11. The first-order chi connectivity index (χ1) is 9.02. The molecule has 0 heterocycles. The lowest BCUT2D eigenvalue weighted by atomic mass is 9.95.